The molecule has 0 amide bonds. The lowest BCUT2D eigenvalue weighted by molar-refractivity contribution is 0.270. The molecular weight excluding hydrogens is 459 g/mol. The van der Waals surface area contributed by atoms with Crippen molar-refractivity contribution in [2.75, 3.05) is 12.3 Å². The van der Waals surface area contributed by atoms with Crippen LogP contribution in [0.1, 0.15) is 22.4 Å². The van der Waals surface area contributed by atoms with E-state index in [-0.39, 0.29) is 35.8 Å². The van der Waals surface area contributed by atoms with Crippen LogP contribution in [-0.2, 0) is 13.1 Å². The Morgan fingerprint density at radius 1 is 1.18 bits per heavy atom. The van der Waals surface area contributed by atoms with Gasteiger partial charge in [0.25, 0.3) is 0 Å². The molecule has 0 spiro atoms. The lowest BCUT2D eigenvalue weighted by Gasteiger charge is -2.08. The van der Waals surface area contributed by atoms with E-state index < -0.39 is 0 Å². The van der Waals surface area contributed by atoms with Gasteiger partial charge in [-0.05, 0) is 29.8 Å². The van der Waals surface area contributed by atoms with Crippen molar-refractivity contribution in [2.45, 2.75) is 13.1 Å². The quantitative estimate of drug-likeness (QED) is 0.391. The summed E-state index contributed by atoms with van der Waals surface area (Å²) in [5.41, 5.74) is 9.12. The van der Waals surface area contributed by atoms with Gasteiger partial charge in [-0.2, -0.15) is 15.6 Å². The molecule has 2 aromatic carbocycles. The van der Waals surface area contributed by atoms with Gasteiger partial charge in [0.05, 0.1) is 18.7 Å². The van der Waals surface area contributed by atoms with Crippen LogP contribution in [0.2, 0.25) is 10.0 Å². The first-order valence-corrected chi connectivity index (χ1v) is 10.7. The van der Waals surface area contributed by atoms with Crippen LogP contribution in [0.3, 0.4) is 0 Å². The van der Waals surface area contributed by atoms with E-state index in [2.05, 4.69) is 11.2 Å². The molecule has 0 saturated heterocycles. The summed E-state index contributed by atoms with van der Waals surface area (Å²) in [5, 5.41) is 35.0. The number of nitrogen functional groups attached to an aromatic ring is 1. The maximum absolute atomic E-state index is 9.86. The molecule has 0 aliphatic heterocycles. The zero-order valence-corrected chi connectivity index (χ0v) is 18.8. The van der Waals surface area contributed by atoms with Gasteiger partial charge >= 0.3 is 0 Å². The summed E-state index contributed by atoms with van der Waals surface area (Å²) in [4.78, 5) is 0. The van der Waals surface area contributed by atoms with Gasteiger partial charge in [0.2, 0.25) is 0 Å². The van der Waals surface area contributed by atoms with Gasteiger partial charge < -0.3 is 15.4 Å². The minimum atomic E-state index is -0.192. The fourth-order valence-electron chi connectivity index (χ4n) is 3.70. The van der Waals surface area contributed by atoms with E-state index in [0.29, 0.717) is 16.6 Å². The summed E-state index contributed by atoms with van der Waals surface area (Å²) < 4.78 is 3.36. The molecular formula is C24H18Cl2N6O. The Bertz CT molecular complexity index is 1470. The summed E-state index contributed by atoms with van der Waals surface area (Å²) in [6.45, 7) is 0.441. The Morgan fingerprint density at radius 3 is 2.67 bits per heavy atom. The fourth-order valence-corrected chi connectivity index (χ4v) is 4.17. The highest BCUT2D eigenvalue weighted by molar-refractivity contribution is 6.35. The molecule has 0 saturated carbocycles. The Morgan fingerprint density at radius 2 is 1.97 bits per heavy atom. The van der Waals surface area contributed by atoms with Crippen LogP contribution in [0, 0.1) is 22.7 Å². The smallest absolute Gasteiger partial charge is 0.140 e. The maximum atomic E-state index is 9.86. The Hall–Kier alpha value is -3.75. The molecule has 0 aliphatic carbocycles. The molecule has 164 valence electrons. The fraction of sp³-hybridized carbons (Fsp3) is 0.125. The van der Waals surface area contributed by atoms with Gasteiger partial charge in [-0.3, -0.25) is 0 Å². The number of anilines is 1. The predicted octanol–water partition coefficient (Wildman–Crippen LogP) is 4.70. The van der Waals surface area contributed by atoms with Crippen molar-refractivity contribution in [3.63, 3.8) is 0 Å². The lowest BCUT2D eigenvalue weighted by atomic mass is 10.1. The van der Waals surface area contributed by atoms with E-state index in [1.807, 2.05) is 47.2 Å². The van der Waals surface area contributed by atoms with Crippen LogP contribution in [0.4, 0.5) is 5.82 Å². The Balaban J connectivity index is 1.83. The molecule has 7 nitrogen and oxygen atoms in total. The van der Waals surface area contributed by atoms with Gasteiger partial charge in [-0.1, -0.05) is 47.5 Å². The van der Waals surface area contributed by atoms with Crippen LogP contribution >= 0.6 is 23.2 Å². The number of para-hydroxylation sites is 1. The number of aromatic nitrogens is 3. The summed E-state index contributed by atoms with van der Waals surface area (Å²) >= 11 is 12.4. The first-order chi connectivity index (χ1) is 16.0. The predicted molar refractivity (Wildman–Crippen MR) is 129 cm³/mol. The van der Waals surface area contributed by atoms with Crippen LogP contribution < -0.4 is 5.73 Å². The molecule has 0 aliphatic rings. The van der Waals surface area contributed by atoms with Crippen molar-refractivity contribution in [1.29, 1.82) is 10.5 Å². The van der Waals surface area contributed by atoms with Crippen LogP contribution in [0.15, 0.2) is 48.7 Å². The highest BCUT2D eigenvalue weighted by atomic mass is 35.5. The number of nitriles is 2. The summed E-state index contributed by atoms with van der Waals surface area (Å²) in [6, 6.07) is 17.3. The topological polar surface area (TPSA) is 117 Å². The molecule has 4 aromatic rings. The minimum absolute atomic E-state index is 0.105. The van der Waals surface area contributed by atoms with Crippen molar-refractivity contribution in [3.05, 3.63) is 81.1 Å². The van der Waals surface area contributed by atoms with Crippen molar-refractivity contribution in [3.8, 4) is 12.1 Å². The average Bonchev–Trinajstić information content (AvgIpc) is 3.31. The SMILES string of the molecule is N#C/C(=C\c1cn(Cc2ccc(Cl)cc2Cl)c2ccccc12)c1nn(CCO)c(N)c1C#N. The lowest BCUT2D eigenvalue weighted by Crippen LogP contribution is -2.07. The number of nitrogens with zero attached hydrogens (tertiary/aromatic N) is 5. The molecule has 0 atom stereocenters. The number of hydrogen-bond acceptors (Lipinski definition) is 5. The third-order valence-corrected chi connectivity index (χ3v) is 5.85. The third-order valence-electron chi connectivity index (χ3n) is 5.27. The average molecular weight is 477 g/mol. The van der Waals surface area contributed by atoms with Crippen molar-refractivity contribution in [1.82, 2.24) is 14.3 Å². The minimum Gasteiger partial charge on any atom is -0.394 e. The zero-order chi connectivity index (χ0) is 23.5. The highest BCUT2D eigenvalue weighted by Gasteiger charge is 2.19. The highest BCUT2D eigenvalue weighted by Crippen LogP contribution is 2.30. The molecule has 33 heavy (non-hydrogen) atoms. The molecule has 0 radical (unpaired) electrons. The van der Waals surface area contributed by atoms with E-state index >= 15 is 0 Å². The van der Waals surface area contributed by atoms with Gasteiger partial charge in [0.1, 0.15) is 29.2 Å². The van der Waals surface area contributed by atoms with Crippen molar-refractivity contribution >= 4 is 51.6 Å². The first-order valence-electron chi connectivity index (χ1n) is 9.98. The summed E-state index contributed by atoms with van der Waals surface area (Å²) in [5.74, 6) is 0.113. The molecule has 2 aromatic heterocycles. The number of aliphatic hydroxyl groups excluding tert-OH is 1. The molecule has 0 fully saturated rings. The zero-order valence-electron chi connectivity index (χ0n) is 17.3. The number of rotatable bonds is 6. The van der Waals surface area contributed by atoms with Crippen LogP contribution in [0.5, 0.6) is 0 Å². The first kappa shape index (κ1) is 22.4. The van der Waals surface area contributed by atoms with E-state index in [1.54, 1.807) is 18.2 Å². The van der Waals surface area contributed by atoms with E-state index in [0.717, 1.165) is 22.0 Å². The normalized spacial score (nSPS) is 11.5. The second-order valence-electron chi connectivity index (χ2n) is 7.30. The molecule has 3 N–H and O–H groups in total. The van der Waals surface area contributed by atoms with E-state index in [1.165, 1.54) is 4.68 Å². The number of aliphatic hydroxyl groups is 1. The van der Waals surface area contributed by atoms with Gasteiger partial charge in [-0.25, -0.2) is 4.68 Å². The number of hydrogen-bond donors (Lipinski definition) is 2. The Kier molecular flexibility index (Phi) is 6.39. The molecule has 9 heteroatoms. The standard InChI is InChI=1S/C24H18Cl2N6O/c25-18-6-5-15(21(26)10-18)13-31-14-17(19-3-1-2-4-22(19)31)9-16(11-27)23-20(12-28)24(29)32(30-23)7-8-33/h1-6,9-10,14,33H,7-8,13,29H2/b16-9+. The van der Waals surface area contributed by atoms with Crippen LogP contribution in [0.25, 0.3) is 22.6 Å². The monoisotopic (exact) mass is 476 g/mol. The van der Waals surface area contributed by atoms with E-state index in [9.17, 15) is 15.6 Å². The second kappa shape index (κ2) is 9.40. The summed E-state index contributed by atoms with van der Waals surface area (Å²) in [7, 11) is 0. The maximum Gasteiger partial charge on any atom is 0.140 e. The molecule has 0 bridgehead atoms. The second-order valence-corrected chi connectivity index (χ2v) is 8.15. The summed E-state index contributed by atoms with van der Waals surface area (Å²) in [6.07, 6.45) is 3.61. The van der Waals surface area contributed by atoms with Gasteiger partial charge in [-0.15, -0.1) is 0 Å². The van der Waals surface area contributed by atoms with Gasteiger partial charge in [0, 0.05) is 39.3 Å². The Labute approximate surface area is 200 Å². The number of nitrogens with two attached hydrogens (primary N) is 1. The van der Waals surface area contributed by atoms with Crippen LogP contribution in [-0.4, -0.2) is 26.1 Å². The van der Waals surface area contributed by atoms with Crippen molar-refractivity contribution < 1.29 is 5.11 Å². The number of halogens is 2. The third kappa shape index (κ3) is 4.30. The van der Waals surface area contributed by atoms with E-state index in [4.69, 9.17) is 28.9 Å². The van der Waals surface area contributed by atoms with Gasteiger partial charge in [0.15, 0.2) is 0 Å². The molecule has 2 heterocycles. The number of fused-ring (bicyclic) bond motifs is 1. The number of benzene rings is 2. The molecule has 0 unspecified atom stereocenters. The number of allylic oxidation sites excluding steroid dienone is 1. The molecule has 4 rings (SSSR count). The largest absolute Gasteiger partial charge is 0.394 e. The van der Waals surface area contributed by atoms with Crippen molar-refractivity contribution in [2.24, 2.45) is 0 Å².